The third-order valence-corrected chi connectivity index (χ3v) is 8.66. The van der Waals surface area contributed by atoms with Crippen molar-refractivity contribution in [3.63, 3.8) is 0 Å². The van der Waals surface area contributed by atoms with Gasteiger partial charge in [0, 0.05) is 17.5 Å². The number of aliphatic carboxylic acids is 1. The molecule has 38 heavy (non-hydrogen) atoms. The minimum Gasteiger partial charge on any atom is -0.481 e. The van der Waals surface area contributed by atoms with E-state index in [2.05, 4.69) is 47.3 Å². The van der Waals surface area contributed by atoms with Crippen molar-refractivity contribution in [3.8, 4) is 12.3 Å². The fourth-order valence-electron chi connectivity index (χ4n) is 3.87. The molecule has 2 aliphatic rings. The van der Waals surface area contributed by atoms with Crippen LogP contribution in [-0.2, 0) is 24.0 Å². The molecular formula is C21H21N9O6S2. The van der Waals surface area contributed by atoms with Crippen LogP contribution in [-0.4, -0.2) is 101 Å². The number of carboxylic acids is 1. The summed E-state index contributed by atoms with van der Waals surface area (Å²) in [6.07, 6.45) is 5.61. The van der Waals surface area contributed by atoms with Gasteiger partial charge in [-0.05, 0) is 17.3 Å². The second-order valence-corrected chi connectivity index (χ2v) is 10.5. The Morgan fingerprint density at radius 2 is 2.34 bits per heavy atom. The molecule has 2 saturated heterocycles. The molecule has 3 unspecified atom stereocenters. The Morgan fingerprint density at radius 1 is 1.53 bits per heavy atom. The van der Waals surface area contributed by atoms with E-state index >= 15 is 0 Å². The summed E-state index contributed by atoms with van der Waals surface area (Å²) in [5.74, 6) is 0.327. The zero-order valence-corrected chi connectivity index (χ0v) is 21.4. The topological polar surface area (TPSA) is 205 Å². The highest BCUT2D eigenvalue weighted by Crippen LogP contribution is 2.47. The average Bonchev–Trinajstić information content (AvgIpc) is 3.42. The van der Waals surface area contributed by atoms with E-state index in [9.17, 15) is 24.3 Å². The number of pyridine rings is 1. The van der Waals surface area contributed by atoms with Gasteiger partial charge in [0.2, 0.25) is 17.5 Å². The maximum Gasteiger partial charge on any atom is 0.313 e. The van der Waals surface area contributed by atoms with Crippen molar-refractivity contribution in [2.75, 3.05) is 24.2 Å². The summed E-state index contributed by atoms with van der Waals surface area (Å²) in [6.45, 7) is 1.47. The number of nitrogens with one attached hydrogen (secondary N) is 3. The van der Waals surface area contributed by atoms with Crippen molar-refractivity contribution < 1.29 is 29.1 Å². The van der Waals surface area contributed by atoms with Gasteiger partial charge in [0.25, 0.3) is 5.91 Å². The zero-order chi connectivity index (χ0) is 27.3. The molecule has 198 valence electrons. The summed E-state index contributed by atoms with van der Waals surface area (Å²) in [5.41, 5.74) is -1.46. The number of fused-ring (bicyclic) bond motifs is 1. The number of nitrogens with zero attached hydrogens (tertiary/aromatic N) is 6. The molecule has 0 bridgehead atoms. The van der Waals surface area contributed by atoms with Gasteiger partial charge in [-0.3, -0.25) is 19.2 Å². The number of aromatic nitrogens is 5. The highest BCUT2D eigenvalue weighted by molar-refractivity contribution is 8.01. The van der Waals surface area contributed by atoms with Crippen molar-refractivity contribution in [1.29, 1.82) is 0 Å². The lowest BCUT2D eigenvalue weighted by atomic mass is 9.84. The Morgan fingerprint density at radius 3 is 3.03 bits per heavy atom. The molecule has 4 N–H and O–H groups in total. The number of β-lactam (4-membered cyclic amide) rings is 1. The van der Waals surface area contributed by atoms with E-state index in [1.54, 1.807) is 13.0 Å². The van der Waals surface area contributed by atoms with E-state index in [1.165, 1.54) is 28.8 Å². The molecule has 2 fully saturated rings. The number of aromatic amines is 1. The van der Waals surface area contributed by atoms with E-state index in [0.717, 1.165) is 11.8 Å². The highest BCUT2D eigenvalue weighted by atomic mass is 32.2. The fraction of sp³-hybridized carbons (Fsp3) is 0.381. The van der Waals surface area contributed by atoms with Crippen LogP contribution in [0.4, 0.5) is 5.82 Å². The molecule has 3 amide bonds. The van der Waals surface area contributed by atoms with Crippen LogP contribution >= 0.6 is 23.5 Å². The maximum atomic E-state index is 13.1. The number of anilines is 1. The van der Waals surface area contributed by atoms with Crippen LogP contribution in [0.2, 0.25) is 0 Å². The summed E-state index contributed by atoms with van der Waals surface area (Å²) in [7, 11) is 0. The van der Waals surface area contributed by atoms with Crippen LogP contribution in [0.3, 0.4) is 0 Å². The van der Waals surface area contributed by atoms with E-state index < -0.39 is 39.9 Å². The average molecular weight is 560 g/mol. The molecule has 4 rings (SSSR count). The molecule has 2 aromatic heterocycles. The number of H-pyrrole nitrogens is 1. The number of rotatable bonds is 11. The molecule has 0 spiro atoms. The minimum absolute atomic E-state index is 0.0512. The first-order valence-electron chi connectivity index (χ1n) is 11.0. The smallest absolute Gasteiger partial charge is 0.313 e. The summed E-state index contributed by atoms with van der Waals surface area (Å²) in [5, 5.41) is 31.8. The molecule has 4 heterocycles. The first kappa shape index (κ1) is 26.9. The van der Waals surface area contributed by atoms with Crippen LogP contribution in [0.15, 0.2) is 28.5 Å². The van der Waals surface area contributed by atoms with Crippen LogP contribution in [0.25, 0.3) is 0 Å². The lowest BCUT2D eigenvalue weighted by Crippen LogP contribution is -2.74. The van der Waals surface area contributed by atoms with Crippen molar-refractivity contribution in [2.24, 2.45) is 10.6 Å². The number of thioether (sulfide) groups is 2. The normalized spacial score (nSPS) is 23.3. The van der Waals surface area contributed by atoms with Crippen LogP contribution in [0.1, 0.15) is 12.6 Å². The molecule has 2 aromatic rings. The van der Waals surface area contributed by atoms with Gasteiger partial charge < -0.3 is 25.5 Å². The predicted octanol–water partition coefficient (Wildman–Crippen LogP) is -0.831. The van der Waals surface area contributed by atoms with Crippen molar-refractivity contribution in [2.45, 2.75) is 28.7 Å². The monoisotopic (exact) mass is 559 g/mol. The number of hydrogen-bond acceptors (Lipinski definition) is 12. The fourth-order valence-corrected chi connectivity index (χ4v) is 6.63. The van der Waals surface area contributed by atoms with Crippen LogP contribution in [0, 0.1) is 17.8 Å². The summed E-state index contributed by atoms with van der Waals surface area (Å²) >= 11 is 2.40. The lowest BCUT2D eigenvalue weighted by molar-refractivity contribution is -0.158. The Bertz CT molecular complexity index is 1300. The van der Waals surface area contributed by atoms with Crippen molar-refractivity contribution >= 4 is 59.2 Å². The second-order valence-electron chi connectivity index (χ2n) is 8.12. The zero-order valence-electron chi connectivity index (χ0n) is 19.7. The number of terminal acetylenes is 1. The number of carbonyl (C=O) groups excluding carboxylic acids is 3. The Labute approximate surface area is 223 Å². The number of amides is 3. The van der Waals surface area contributed by atoms with E-state index in [1.807, 2.05) is 0 Å². The Balaban J connectivity index is 1.48. The SMILES string of the molecule is C#CCON=C(C(=O)NC1C(=O)N2CC(C(=O)O)(C(C)Sc3nn[nH]n3)CS[C@H]12)c1cccc(NC=O)n1. The molecule has 0 aliphatic carbocycles. The van der Waals surface area contributed by atoms with E-state index in [-0.39, 0.29) is 36.1 Å². The Kier molecular flexibility index (Phi) is 8.12. The first-order chi connectivity index (χ1) is 18.3. The summed E-state index contributed by atoms with van der Waals surface area (Å²) in [6, 6.07) is 3.61. The molecule has 17 heteroatoms. The second kappa shape index (κ2) is 11.5. The number of carbonyl (C=O) groups is 4. The third-order valence-electron chi connectivity index (χ3n) is 5.92. The minimum atomic E-state index is -1.28. The molecule has 2 aliphatic heterocycles. The molecular weight excluding hydrogens is 538 g/mol. The van der Waals surface area contributed by atoms with E-state index in [4.69, 9.17) is 11.3 Å². The predicted molar refractivity (Wildman–Crippen MR) is 135 cm³/mol. The molecule has 4 atom stereocenters. The molecule has 15 nitrogen and oxygen atoms in total. The summed E-state index contributed by atoms with van der Waals surface area (Å²) < 4.78 is 0. The van der Waals surface area contributed by atoms with Gasteiger partial charge in [-0.1, -0.05) is 35.8 Å². The lowest BCUT2D eigenvalue weighted by Gasteiger charge is -2.54. The van der Waals surface area contributed by atoms with Crippen LogP contribution < -0.4 is 10.6 Å². The highest BCUT2D eigenvalue weighted by Gasteiger charge is 2.59. The van der Waals surface area contributed by atoms with Gasteiger partial charge >= 0.3 is 5.97 Å². The van der Waals surface area contributed by atoms with Gasteiger partial charge in [0.05, 0.1) is 0 Å². The van der Waals surface area contributed by atoms with Gasteiger partial charge in [-0.25, -0.2) is 4.98 Å². The Hall–Kier alpha value is -4.17. The standard InChI is InChI=1S/C21H21N9O6S2/c1-3-7-36-27-14(12-5-4-6-13(23-12)22-10-31)16(32)24-15-17(33)30-8-21(19(34)35,9-37-18(15)30)11(2)38-20-25-28-29-26-20/h1,4-6,10-11,15,18H,7-9H2,2H3,(H,24,32)(H,34,35)(H,22,23,31)(H,25,26,28,29)/t11?,15?,18-,21?/m1/s1. The number of oxime groups is 1. The van der Waals surface area contributed by atoms with Gasteiger partial charge in [-0.2, -0.15) is 5.21 Å². The molecule has 0 radical (unpaired) electrons. The number of carboxylic acid groups (broad SMARTS) is 1. The summed E-state index contributed by atoms with van der Waals surface area (Å²) in [4.78, 5) is 59.9. The number of tetrazole rings is 1. The van der Waals surface area contributed by atoms with Crippen molar-refractivity contribution in [1.82, 2.24) is 35.8 Å². The number of hydrogen-bond donors (Lipinski definition) is 4. The molecule has 0 aromatic carbocycles. The van der Waals surface area contributed by atoms with Crippen molar-refractivity contribution in [3.05, 3.63) is 23.9 Å². The molecule has 0 saturated carbocycles. The maximum absolute atomic E-state index is 13.1. The quantitative estimate of drug-likeness (QED) is 0.0506. The van der Waals surface area contributed by atoms with Crippen LogP contribution in [0.5, 0.6) is 0 Å². The van der Waals surface area contributed by atoms with Gasteiger partial charge in [-0.15, -0.1) is 28.4 Å². The van der Waals surface area contributed by atoms with Gasteiger partial charge in [0.15, 0.2) is 12.3 Å². The first-order valence-corrected chi connectivity index (χ1v) is 12.9. The van der Waals surface area contributed by atoms with Gasteiger partial charge in [0.1, 0.15) is 28.3 Å². The third kappa shape index (κ3) is 5.26. The van der Waals surface area contributed by atoms with E-state index in [0.29, 0.717) is 11.6 Å². The largest absolute Gasteiger partial charge is 0.481 e.